The summed E-state index contributed by atoms with van der Waals surface area (Å²) in [5.41, 5.74) is 0.513. The van der Waals surface area contributed by atoms with Gasteiger partial charge in [0, 0.05) is 18.0 Å². The van der Waals surface area contributed by atoms with Crippen LogP contribution in [-0.2, 0) is 24.9 Å². The van der Waals surface area contributed by atoms with Crippen molar-refractivity contribution in [3.63, 3.8) is 0 Å². The van der Waals surface area contributed by atoms with Crippen LogP contribution in [0.15, 0.2) is 41.5 Å². The summed E-state index contributed by atoms with van der Waals surface area (Å²) in [6, 6.07) is 6.30. The molecule has 3 rings (SSSR count). The highest BCUT2D eigenvalue weighted by Gasteiger charge is 2.13. The number of ether oxygens (including phenoxy) is 1. The van der Waals surface area contributed by atoms with Crippen molar-refractivity contribution in [2.24, 2.45) is 7.05 Å². The molecule has 126 valence electrons. The minimum Gasteiger partial charge on any atom is -0.389 e. The zero-order valence-electron chi connectivity index (χ0n) is 13.1. The first-order valence-electron chi connectivity index (χ1n) is 7.43. The molecule has 0 saturated carbocycles. The highest BCUT2D eigenvalue weighted by atomic mass is 19.1. The van der Waals surface area contributed by atoms with E-state index >= 15 is 0 Å². The third kappa shape index (κ3) is 3.34. The van der Waals surface area contributed by atoms with Crippen molar-refractivity contribution in [3.8, 4) is 0 Å². The highest BCUT2D eigenvalue weighted by Crippen LogP contribution is 2.10. The lowest BCUT2D eigenvalue weighted by atomic mass is 10.2. The molecule has 0 saturated heterocycles. The van der Waals surface area contributed by atoms with E-state index in [0.29, 0.717) is 16.5 Å². The third-order valence-electron chi connectivity index (χ3n) is 3.64. The highest BCUT2D eigenvalue weighted by molar-refractivity contribution is 5.76. The molecule has 3 aromatic rings. The van der Waals surface area contributed by atoms with Crippen molar-refractivity contribution < 1.29 is 14.2 Å². The monoisotopic (exact) mass is 332 g/mol. The summed E-state index contributed by atoms with van der Waals surface area (Å²) in [6.07, 6.45) is 2.19. The van der Waals surface area contributed by atoms with Crippen molar-refractivity contribution in [2.45, 2.75) is 19.3 Å². The molecule has 0 aliphatic carbocycles. The zero-order valence-corrected chi connectivity index (χ0v) is 13.1. The molecule has 0 bridgehead atoms. The molecule has 0 spiro atoms. The predicted molar refractivity (Wildman–Crippen MR) is 84.8 cm³/mol. The summed E-state index contributed by atoms with van der Waals surface area (Å²) >= 11 is 0. The fourth-order valence-corrected chi connectivity index (χ4v) is 2.39. The predicted octanol–water partition coefficient (Wildman–Crippen LogP) is 0.847. The summed E-state index contributed by atoms with van der Waals surface area (Å²) in [7, 11) is 1.55. The van der Waals surface area contributed by atoms with E-state index < -0.39 is 6.10 Å². The van der Waals surface area contributed by atoms with Crippen LogP contribution in [-0.4, -0.2) is 37.4 Å². The maximum atomic E-state index is 13.5. The minimum atomic E-state index is -0.877. The molecule has 8 heteroatoms. The molecule has 0 radical (unpaired) electrons. The van der Waals surface area contributed by atoms with Gasteiger partial charge < -0.3 is 9.84 Å². The van der Waals surface area contributed by atoms with Gasteiger partial charge in [0.2, 0.25) is 0 Å². The Labute approximate surface area is 136 Å². The average molecular weight is 332 g/mol. The molecule has 7 nitrogen and oxygen atoms in total. The van der Waals surface area contributed by atoms with E-state index in [1.807, 2.05) is 0 Å². The standard InChI is InChI=1S/C16H17FN4O3/c1-20-16(23)15-12(6-18-20)7-19-21(15)8-13(22)10-24-9-11-4-2-3-5-14(11)17/h2-7,13,22H,8-10H2,1H3/t13-/m1/s1. The fourth-order valence-electron chi connectivity index (χ4n) is 2.39. The van der Waals surface area contributed by atoms with E-state index in [2.05, 4.69) is 10.2 Å². The molecular formula is C16H17FN4O3. The summed E-state index contributed by atoms with van der Waals surface area (Å²) < 4.78 is 21.5. The van der Waals surface area contributed by atoms with Crippen LogP contribution in [0.1, 0.15) is 5.56 Å². The number of aliphatic hydroxyl groups excluding tert-OH is 1. The fraction of sp³-hybridized carbons (Fsp3) is 0.312. The molecule has 1 aromatic carbocycles. The molecule has 2 aromatic heterocycles. The Kier molecular flexibility index (Phi) is 4.68. The lowest BCUT2D eigenvalue weighted by Gasteiger charge is -2.12. The second-order valence-electron chi connectivity index (χ2n) is 5.46. The van der Waals surface area contributed by atoms with Gasteiger partial charge in [-0.05, 0) is 6.07 Å². The van der Waals surface area contributed by atoms with Crippen molar-refractivity contribution in [1.29, 1.82) is 0 Å². The molecule has 1 N–H and O–H groups in total. The van der Waals surface area contributed by atoms with E-state index in [9.17, 15) is 14.3 Å². The van der Waals surface area contributed by atoms with Gasteiger partial charge in [-0.25, -0.2) is 9.07 Å². The van der Waals surface area contributed by atoms with Gasteiger partial charge in [0.25, 0.3) is 5.56 Å². The number of aromatic nitrogens is 4. The third-order valence-corrected chi connectivity index (χ3v) is 3.64. The van der Waals surface area contributed by atoms with Crippen molar-refractivity contribution in [3.05, 3.63) is 58.4 Å². The van der Waals surface area contributed by atoms with Gasteiger partial charge in [0.1, 0.15) is 11.3 Å². The van der Waals surface area contributed by atoms with Crippen LogP contribution in [0.4, 0.5) is 4.39 Å². The zero-order chi connectivity index (χ0) is 17.1. The van der Waals surface area contributed by atoms with Crippen molar-refractivity contribution >= 4 is 10.9 Å². The molecule has 0 aliphatic heterocycles. The quantitative estimate of drug-likeness (QED) is 0.723. The molecule has 0 amide bonds. The van der Waals surface area contributed by atoms with Gasteiger partial charge in [-0.1, -0.05) is 18.2 Å². The van der Waals surface area contributed by atoms with Crippen LogP contribution in [0, 0.1) is 5.82 Å². The van der Waals surface area contributed by atoms with Gasteiger partial charge in [-0.3, -0.25) is 9.48 Å². The van der Waals surface area contributed by atoms with Crippen LogP contribution in [0.3, 0.4) is 0 Å². The van der Waals surface area contributed by atoms with E-state index in [-0.39, 0.29) is 31.1 Å². The van der Waals surface area contributed by atoms with Gasteiger partial charge in [0.05, 0.1) is 38.3 Å². The number of halogens is 1. The number of nitrogens with zero attached hydrogens (tertiary/aromatic N) is 4. The first-order valence-corrected chi connectivity index (χ1v) is 7.43. The topological polar surface area (TPSA) is 82.2 Å². The SMILES string of the molecule is Cn1ncc2cnn(C[C@@H](O)COCc3ccccc3F)c2c1=O. The van der Waals surface area contributed by atoms with Crippen LogP contribution >= 0.6 is 0 Å². The maximum absolute atomic E-state index is 13.5. The molecule has 0 unspecified atom stereocenters. The smallest absolute Gasteiger partial charge is 0.292 e. The van der Waals surface area contributed by atoms with E-state index in [0.717, 1.165) is 0 Å². The van der Waals surface area contributed by atoms with E-state index in [1.54, 1.807) is 31.4 Å². The van der Waals surface area contributed by atoms with Crippen LogP contribution in [0.25, 0.3) is 10.9 Å². The first-order chi connectivity index (χ1) is 11.6. The molecule has 2 heterocycles. The van der Waals surface area contributed by atoms with Crippen LogP contribution in [0.2, 0.25) is 0 Å². The molecule has 24 heavy (non-hydrogen) atoms. The van der Waals surface area contributed by atoms with Gasteiger partial charge >= 0.3 is 0 Å². The van der Waals surface area contributed by atoms with Crippen LogP contribution < -0.4 is 5.56 Å². The largest absolute Gasteiger partial charge is 0.389 e. The Balaban J connectivity index is 1.63. The average Bonchev–Trinajstić information content (AvgIpc) is 2.96. The van der Waals surface area contributed by atoms with Gasteiger partial charge in [-0.15, -0.1) is 0 Å². The normalized spacial score (nSPS) is 12.6. The Morgan fingerprint density at radius 3 is 2.83 bits per heavy atom. The van der Waals surface area contributed by atoms with Crippen LogP contribution in [0.5, 0.6) is 0 Å². The Bertz CT molecular complexity index is 906. The molecular weight excluding hydrogens is 315 g/mol. The number of benzene rings is 1. The Hall–Kier alpha value is -2.58. The second kappa shape index (κ2) is 6.90. The lowest BCUT2D eigenvalue weighted by molar-refractivity contribution is 0.0184. The number of hydrogen-bond donors (Lipinski definition) is 1. The Morgan fingerprint density at radius 1 is 1.29 bits per heavy atom. The summed E-state index contributed by atoms with van der Waals surface area (Å²) in [4.78, 5) is 12.1. The summed E-state index contributed by atoms with van der Waals surface area (Å²) in [5, 5.41) is 18.7. The summed E-state index contributed by atoms with van der Waals surface area (Å²) in [6.45, 7) is 0.163. The Morgan fingerprint density at radius 2 is 2.04 bits per heavy atom. The van der Waals surface area contributed by atoms with Gasteiger partial charge in [-0.2, -0.15) is 10.2 Å². The molecule has 0 fully saturated rings. The lowest BCUT2D eigenvalue weighted by Crippen LogP contribution is -2.26. The van der Waals surface area contributed by atoms with Crippen molar-refractivity contribution in [2.75, 3.05) is 6.61 Å². The minimum absolute atomic E-state index is 0.00108. The number of aryl methyl sites for hydroxylation is 1. The summed E-state index contributed by atoms with van der Waals surface area (Å²) in [5.74, 6) is -0.346. The molecule has 0 aliphatic rings. The van der Waals surface area contributed by atoms with Crippen molar-refractivity contribution in [1.82, 2.24) is 19.6 Å². The number of hydrogen-bond acceptors (Lipinski definition) is 5. The number of fused-ring (bicyclic) bond motifs is 1. The first kappa shape index (κ1) is 16.3. The van der Waals surface area contributed by atoms with E-state index in [1.165, 1.54) is 21.6 Å². The number of aliphatic hydroxyl groups is 1. The molecule has 1 atom stereocenters. The second-order valence-corrected chi connectivity index (χ2v) is 5.46. The number of rotatable bonds is 6. The van der Waals surface area contributed by atoms with Gasteiger partial charge in [0.15, 0.2) is 0 Å². The maximum Gasteiger partial charge on any atom is 0.292 e. The van der Waals surface area contributed by atoms with E-state index in [4.69, 9.17) is 4.74 Å².